The van der Waals surface area contributed by atoms with Crippen LogP contribution in [-0.2, 0) is 16.2 Å². The van der Waals surface area contributed by atoms with Crippen LogP contribution >= 0.6 is 0 Å². The number of oxime groups is 1. The van der Waals surface area contributed by atoms with E-state index in [9.17, 15) is 10.2 Å². The first-order valence-corrected chi connectivity index (χ1v) is 22.3. The predicted octanol–water partition coefficient (Wildman–Crippen LogP) is 7.50. The maximum absolute atomic E-state index is 15.1. The number of ether oxygens (including phenoxy) is 5. The van der Waals surface area contributed by atoms with E-state index < -0.39 is 17.7 Å². The van der Waals surface area contributed by atoms with Crippen molar-refractivity contribution >= 4 is 11.6 Å². The molecular formula is C49H61N3O9. The molecule has 8 rings (SSSR count). The molecule has 12 nitrogen and oxygen atoms in total. The second kappa shape index (κ2) is 19.9. The summed E-state index contributed by atoms with van der Waals surface area (Å²) in [5.74, 6) is 0.750. The molecule has 61 heavy (non-hydrogen) atoms. The molecule has 3 aliphatic heterocycles. The molecule has 1 amide bonds. The number of aliphatic hydroxyl groups is 2. The molecule has 1 saturated heterocycles. The molecule has 3 aromatic carbocycles. The van der Waals surface area contributed by atoms with Gasteiger partial charge in [-0.15, -0.1) is 6.58 Å². The number of unbranched alkanes of at least 4 members (excludes halogenated alkanes) is 2. The predicted molar refractivity (Wildman–Crippen MR) is 232 cm³/mol. The topological polar surface area (TPSA) is 132 Å². The average molecular weight is 836 g/mol. The van der Waals surface area contributed by atoms with Gasteiger partial charge in [-0.05, 0) is 91.5 Å². The van der Waals surface area contributed by atoms with Crippen LogP contribution in [0.4, 0.5) is 0 Å². The van der Waals surface area contributed by atoms with E-state index in [-0.39, 0.29) is 56.9 Å². The summed E-state index contributed by atoms with van der Waals surface area (Å²) in [7, 11) is 0. The van der Waals surface area contributed by atoms with Gasteiger partial charge >= 0.3 is 0 Å². The lowest BCUT2D eigenvalue weighted by Gasteiger charge is -2.60. The van der Waals surface area contributed by atoms with Crippen LogP contribution in [0.15, 0.2) is 96.2 Å². The quantitative estimate of drug-likeness (QED) is 0.0454. The zero-order valence-electron chi connectivity index (χ0n) is 35.4. The van der Waals surface area contributed by atoms with E-state index in [2.05, 4.69) is 30.5 Å². The molecule has 12 heteroatoms. The minimum absolute atomic E-state index is 0.104. The van der Waals surface area contributed by atoms with Gasteiger partial charge in [-0.3, -0.25) is 9.69 Å². The number of fused-ring (bicyclic) bond motifs is 3. The Hall–Kier alpha value is -4.88. The summed E-state index contributed by atoms with van der Waals surface area (Å²) < 4.78 is 32.3. The number of hydrogen-bond acceptors (Lipinski definition) is 11. The van der Waals surface area contributed by atoms with Crippen LogP contribution in [0.5, 0.6) is 23.0 Å². The number of nitrogens with zero attached hydrogens (tertiary/aromatic N) is 3. The van der Waals surface area contributed by atoms with Gasteiger partial charge in [0, 0.05) is 62.9 Å². The zero-order chi connectivity index (χ0) is 42.2. The van der Waals surface area contributed by atoms with E-state index in [1.54, 1.807) is 24.3 Å². The second-order valence-electron chi connectivity index (χ2n) is 16.8. The molecule has 3 aromatic rings. The summed E-state index contributed by atoms with van der Waals surface area (Å²) in [5.41, 5.74) is 4.26. The third-order valence-corrected chi connectivity index (χ3v) is 12.8. The summed E-state index contributed by atoms with van der Waals surface area (Å²) in [6.45, 7) is 11.0. The summed E-state index contributed by atoms with van der Waals surface area (Å²) in [6.07, 6.45) is 9.90. The Morgan fingerprint density at radius 3 is 2.54 bits per heavy atom. The highest BCUT2D eigenvalue weighted by atomic mass is 16.7. The Labute approximate surface area is 359 Å². The number of allylic oxidation sites excluding steroid dienone is 1. The van der Waals surface area contributed by atoms with E-state index in [0.717, 1.165) is 73.5 Å². The Bertz CT molecular complexity index is 2040. The van der Waals surface area contributed by atoms with Gasteiger partial charge in [0.05, 0.1) is 18.2 Å². The number of carbonyl (C=O) groups excluding carboxylic acids is 1. The number of carbonyl (C=O) groups is 1. The lowest BCUT2D eigenvalue weighted by molar-refractivity contribution is -0.254. The van der Waals surface area contributed by atoms with Crippen molar-refractivity contribution in [3.63, 3.8) is 0 Å². The van der Waals surface area contributed by atoms with Crippen molar-refractivity contribution in [3.8, 4) is 23.0 Å². The fraction of sp³-hybridized carbons (Fsp3) is 0.510. The van der Waals surface area contributed by atoms with E-state index in [1.165, 1.54) is 0 Å². The minimum Gasteiger partial charge on any atom is -0.492 e. The molecule has 6 atom stereocenters. The monoisotopic (exact) mass is 835 g/mol. The molecule has 2 fully saturated rings. The van der Waals surface area contributed by atoms with Gasteiger partial charge in [0.25, 0.3) is 5.91 Å². The Balaban J connectivity index is 1.30. The van der Waals surface area contributed by atoms with Crippen LogP contribution in [-0.4, -0.2) is 103 Å². The first-order valence-electron chi connectivity index (χ1n) is 22.3. The van der Waals surface area contributed by atoms with Crippen LogP contribution in [0.25, 0.3) is 0 Å². The van der Waals surface area contributed by atoms with Crippen LogP contribution < -0.4 is 18.9 Å². The first-order chi connectivity index (χ1) is 30.0. The van der Waals surface area contributed by atoms with Crippen LogP contribution in [0.3, 0.4) is 0 Å². The molecule has 0 spiro atoms. The zero-order valence-corrected chi connectivity index (χ0v) is 35.4. The maximum atomic E-state index is 15.1. The van der Waals surface area contributed by atoms with Crippen molar-refractivity contribution < 1.29 is 43.5 Å². The average Bonchev–Trinajstić information content (AvgIpc) is 3.99. The lowest BCUT2D eigenvalue weighted by Crippen LogP contribution is -2.70. The first kappa shape index (κ1) is 42.8. The van der Waals surface area contributed by atoms with Crippen molar-refractivity contribution in [2.75, 3.05) is 59.4 Å². The molecule has 0 bridgehead atoms. The van der Waals surface area contributed by atoms with Gasteiger partial charge in [-0.1, -0.05) is 67.4 Å². The van der Waals surface area contributed by atoms with Gasteiger partial charge in [-0.2, -0.15) is 0 Å². The number of hydrogen-bond donors (Lipinski definition) is 2. The SMILES string of the molecule is C=CCOC12Oc3ccc(OCCN4CC4)cc3C3C(CCCCO)C(CCCCO)C=C(C(=NOCc4ccccc4)CC1N(CCC)C(=O)c1ccc4c(c1)OCO4)C32. The molecule has 1 saturated carbocycles. The highest BCUT2D eigenvalue weighted by molar-refractivity contribution is 6.03. The second-order valence-corrected chi connectivity index (χ2v) is 16.8. The van der Waals surface area contributed by atoms with Gasteiger partial charge in [0.2, 0.25) is 12.6 Å². The van der Waals surface area contributed by atoms with Gasteiger partial charge in [0.15, 0.2) is 11.5 Å². The molecular weight excluding hydrogens is 775 g/mol. The van der Waals surface area contributed by atoms with Gasteiger partial charge in [-0.25, -0.2) is 0 Å². The van der Waals surface area contributed by atoms with Crippen LogP contribution in [0.2, 0.25) is 0 Å². The van der Waals surface area contributed by atoms with Gasteiger partial charge in [0.1, 0.15) is 30.8 Å². The summed E-state index contributed by atoms with van der Waals surface area (Å²) in [4.78, 5) is 25.6. The molecule has 0 radical (unpaired) electrons. The number of amides is 1. The Morgan fingerprint density at radius 2 is 1.77 bits per heavy atom. The normalized spacial score (nSPS) is 25.2. The summed E-state index contributed by atoms with van der Waals surface area (Å²) in [6, 6.07) is 20.8. The Kier molecular flexibility index (Phi) is 13.9. The van der Waals surface area contributed by atoms with Crippen LogP contribution in [0.1, 0.15) is 85.7 Å². The number of benzene rings is 3. The molecule has 0 aromatic heterocycles. The summed E-state index contributed by atoms with van der Waals surface area (Å²) >= 11 is 0. The fourth-order valence-corrected chi connectivity index (χ4v) is 9.92. The van der Waals surface area contributed by atoms with Crippen LogP contribution in [0, 0.1) is 17.8 Å². The third-order valence-electron chi connectivity index (χ3n) is 12.8. The fourth-order valence-electron chi connectivity index (χ4n) is 9.92. The van der Waals surface area contributed by atoms with Crippen molar-refractivity contribution in [1.82, 2.24) is 9.80 Å². The standard InChI is InChI=1S/C49H61N3O9/c1-3-20-52(48(55)36-16-18-43-44(29-36)58-33-57-43)45-31-41(50-60-32-34-12-6-5-7-13-34)39-28-35(14-8-10-24-53)38(15-9-11-25-54)46-40-30-37(56-27-23-51-21-22-51)17-19-42(40)61-49(45,47(39)46)59-26-4-2/h4-7,12-13,16-19,28-30,35,38,45-47,53-54H,2-3,8-11,14-15,20-27,31-33H2,1H3. The third kappa shape index (κ3) is 9.33. The number of rotatable bonds is 22. The van der Waals surface area contributed by atoms with Crippen molar-refractivity contribution in [2.45, 2.75) is 82.6 Å². The highest BCUT2D eigenvalue weighted by Crippen LogP contribution is 2.62. The molecule has 6 unspecified atom stereocenters. The maximum Gasteiger partial charge on any atom is 0.254 e. The van der Waals surface area contributed by atoms with Crippen molar-refractivity contribution in [1.29, 1.82) is 0 Å². The van der Waals surface area contributed by atoms with E-state index in [1.807, 2.05) is 47.4 Å². The number of aliphatic hydroxyl groups excluding tert-OH is 2. The van der Waals surface area contributed by atoms with Gasteiger partial charge < -0.3 is 43.6 Å². The van der Waals surface area contributed by atoms with Crippen molar-refractivity contribution in [2.24, 2.45) is 22.9 Å². The summed E-state index contributed by atoms with van der Waals surface area (Å²) in [5, 5.41) is 24.9. The molecule has 2 aliphatic carbocycles. The molecule has 2 N–H and O–H groups in total. The van der Waals surface area contributed by atoms with Crippen molar-refractivity contribution in [3.05, 3.63) is 108 Å². The van der Waals surface area contributed by atoms with E-state index >= 15 is 4.79 Å². The van der Waals surface area contributed by atoms with E-state index in [4.69, 9.17) is 33.7 Å². The largest absolute Gasteiger partial charge is 0.492 e. The Morgan fingerprint density at radius 1 is 0.984 bits per heavy atom. The molecule has 3 heterocycles. The highest BCUT2D eigenvalue weighted by Gasteiger charge is 2.65. The smallest absolute Gasteiger partial charge is 0.254 e. The molecule has 326 valence electrons. The minimum atomic E-state index is -1.36. The lowest BCUT2D eigenvalue weighted by atomic mass is 9.55. The molecule has 5 aliphatic rings. The van der Waals surface area contributed by atoms with E-state index in [0.29, 0.717) is 61.6 Å².